The van der Waals surface area contributed by atoms with E-state index in [2.05, 4.69) is 16.8 Å². The van der Waals surface area contributed by atoms with Crippen LogP contribution in [0.25, 0.3) is 0 Å². The number of alkyl halides is 3. The molecule has 2 aliphatic heterocycles. The van der Waals surface area contributed by atoms with Gasteiger partial charge in [0.25, 0.3) is 5.91 Å². The molecule has 0 radical (unpaired) electrons. The molecule has 2 heterocycles. The molecular weight excluding hydrogens is 401 g/mol. The molecule has 3 nitrogen and oxygen atoms in total. The Morgan fingerprint density at radius 2 is 1.74 bits per heavy atom. The smallest absolute Gasteiger partial charge is 0.358 e. The molecule has 0 spiro atoms. The van der Waals surface area contributed by atoms with Crippen LogP contribution >= 0.6 is 0 Å². The fraction of sp³-hybridized carbons (Fsp3) is 0.480. The van der Waals surface area contributed by atoms with Crippen LogP contribution in [0, 0.1) is 6.92 Å². The summed E-state index contributed by atoms with van der Waals surface area (Å²) in [4.78, 5) is 14.9. The minimum atomic E-state index is -4.37. The van der Waals surface area contributed by atoms with E-state index in [1.54, 1.807) is 13.0 Å². The average molecular weight is 431 g/mol. The van der Waals surface area contributed by atoms with Crippen LogP contribution in [0.1, 0.15) is 62.1 Å². The van der Waals surface area contributed by atoms with Crippen molar-refractivity contribution in [2.24, 2.45) is 0 Å². The second kappa shape index (κ2) is 7.88. The van der Waals surface area contributed by atoms with E-state index in [1.807, 2.05) is 13.0 Å². The molecule has 1 fully saturated rings. The van der Waals surface area contributed by atoms with Crippen molar-refractivity contribution in [3.8, 4) is 0 Å². The number of amides is 1. The Morgan fingerprint density at radius 3 is 2.39 bits per heavy atom. The van der Waals surface area contributed by atoms with Gasteiger partial charge in [0.1, 0.15) is 5.82 Å². The number of carbonyl (C=O) groups excluding carboxylic acids is 1. The van der Waals surface area contributed by atoms with Gasteiger partial charge in [0.2, 0.25) is 0 Å². The predicted octanol–water partition coefficient (Wildman–Crippen LogP) is 5.77. The highest BCUT2D eigenvalue weighted by Gasteiger charge is 2.42. The number of aryl methyl sites for hydroxylation is 1. The zero-order valence-corrected chi connectivity index (χ0v) is 18.2. The number of piperidine rings is 1. The van der Waals surface area contributed by atoms with Crippen molar-refractivity contribution < 1.29 is 18.0 Å². The number of carbonyl (C=O) groups is 1. The number of hydrogen-bond acceptors (Lipinski definition) is 2. The van der Waals surface area contributed by atoms with Crippen LogP contribution in [0.4, 0.5) is 13.2 Å². The SMILES string of the molecule is C=C1C=C(N2CCC(C)(c3c(C)cccc3C(F)(F)F)CC2)NC(=O)C2=C1CCCC2. The van der Waals surface area contributed by atoms with E-state index >= 15 is 0 Å². The average Bonchev–Trinajstić information content (AvgIpc) is 2.84. The fourth-order valence-electron chi connectivity index (χ4n) is 5.36. The van der Waals surface area contributed by atoms with Crippen molar-refractivity contribution in [1.82, 2.24) is 10.2 Å². The Kier molecular flexibility index (Phi) is 5.52. The molecule has 4 rings (SSSR count). The van der Waals surface area contributed by atoms with Gasteiger partial charge in [0.05, 0.1) is 5.56 Å². The highest BCUT2D eigenvalue weighted by molar-refractivity contribution is 5.97. The van der Waals surface area contributed by atoms with Crippen molar-refractivity contribution in [2.45, 2.75) is 64.0 Å². The third kappa shape index (κ3) is 4.04. The topological polar surface area (TPSA) is 32.3 Å². The van der Waals surface area contributed by atoms with Gasteiger partial charge in [-0.1, -0.05) is 25.6 Å². The third-order valence-electron chi connectivity index (χ3n) is 7.07. The van der Waals surface area contributed by atoms with Gasteiger partial charge in [0.15, 0.2) is 0 Å². The molecule has 1 saturated heterocycles. The zero-order valence-electron chi connectivity index (χ0n) is 18.2. The first-order valence-electron chi connectivity index (χ1n) is 11.0. The molecule has 1 aliphatic carbocycles. The van der Waals surface area contributed by atoms with E-state index < -0.39 is 17.2 Å². The summed E-state index contributed by atoms with van der Waals surface area (Å²) in [6.45, 7) is 9.03. The maximum Gasteiger partial charge on any atom is 0.416 e. The summed E-state index contributed by atoms with van der Waals surface area (Å²) in [7, 11) is 0. The fourth-order valence-corrected chi connectivity index (χ4v) is 5.36. The molecule has 3 aliphatic rings. The first-order valence-corrected chi connectivity index (χ1v) is 11.0. The van der Waals surface area contributed by atoms with Gasteiger partial charge < -0.3 is 10.2 Å². The Morgan fingerprint density at radius 1 is 1.10 bits per heavy atom. The monoisotopic (exact) mass is 430 g/mol. The lowest BCUT2D eigenvalue weighted by Gasteiger charge is -2.43. The third-order valence-corrected chi connectivity index (χ3v) is 7.07. The molecule has 6 heteroatoms. The molecule has 1 aromatic rings. The van der Waals surface area contributed by atoms with Crippen LogP contribution in [0.5, 0.6) is 0 Å². The van der Waals surface area contributed by atoms with Gasteiger partial charge in [-0.15, -0.1) is 0 Å². The molecule has 0 bridgehead atoms. The van der Waals surface area contributed by atoms with Gasteiger partial charge in [-0.05, 0) is 85.3 Å². The standard InChI is InChI=1S/C25H29F3N2O/c1-16-7-6-10-20(25(26,27)28)22(16)24(3)11-13-30(14-12-24)21-15-17(2)18-8-4-5-9-19(18)23(31)29-21/h6-7,10,15H,2,4-5,8-9,11-14H2,1,3H3,(H,29,31). The second-order valence-corrected chi connectivity index (χ2v) is 9.22. The maximum atomic E-state index is 13.7. The quantitative estimate of drug-likeness (QED) is 0.647. The minimum absolute atomic E-state index is 0.0637. The second-order valence-electron chi connectivity index (χ2n) is 9.22. The van der Waals surface area contributed by atoms with Crippen molar-refractivity contribution in [2.75, 3.05) is 13.1 Å². The molecular formula is C25H29F3N2O. The maximum absolute atomic E-state index is 13.7. The molecule has 166 valence electrons. The van der Waals surface area contributed by atoms with Crippen LogP contribution in [0.2, 0.25) is 0 Å². The Balaban J connectivity index is 1.56. The summed E-state index contributed by atoms with van der Waals surface area (Å²) in [5, 5.41) is 3.04. The molecule has 0 atom stereocenters. The lowest BCUT2D eigenvalue weighted by Crippen LogP contribution is -2.45. The normalized spacial score (nSPS) is 22.0. The summed E-state index contributed by atoms with van der Waals surface area (Å²) >= 11 is 0. The Bertz CT molecular complexity index is 979. The van der Waals surface area contributed by atoms with Crippen molar-refractivity contribution in [1.29, 1.82) is 0 Å². The molecule has 1 amide bonds. The van der Waals surface area contributed by atoms with E-state index in [4.69, 9.17) is 0 Å². The number of nitrogens with zero attached hydrogens (tertiary/aromatic N) is 1. The number of likely N-dealkylation sites (tertiary alicyclic amines) is 1. The lowest BCUT2D eigenvalue weighted by molar-refractivity contribution is -0.139. The van der Waals surface area contributed by atoms with E-state index in [-0.39, 0.29) is 5.91 Å². The van der Waals surface area contributed by atoms with Crippen molar-refractivity contribution in [3.63, 3.8) is 0 Å². The van der Waals surface area contributed by atoms with Gasteiger partial charge in [0, 0.05) is 18.7 Å². The predicted molar refractivity (Wildman–Crippen MR) is 115 cm³/mol. The van der Waals surface area contributed by atoms with E-state index in [0.29, 0.717) is 42.9 Å². The lowest BCUT2D eigenvalue weighted by atomic mass is 9.71. The molecule has 31 heavy (non-hydrogen) atoms. The van der Waals surface area contributed by atoms with Gasteiger partial charge in [-0.3, -0.25) is 4.79 Å². The largest absolute Gasteiger partial charge is 0.416 e. The number of rotatable bonds is 2. The van der Waals surface area contributed by atoms with Gasteiger partial charge >= 0.3 is 6.18 Å². The van der Waals surface area contributed by atoms with Crippen LogP contribution in [0.3, 0.4) is 0 Å². The first kappa shape index (κ1) is 21.7. The summed E-state index contributed by atoms with van der Waals surface area (Å²) in [5.74, 6) is 0.651. The molecule has 0 unspecified atom stereocenters. The highest BCUT2D eigenvalue weighted by atomic mass is 19.4. The van der Waals surface area contributed by atoms with Crippen molar-refractivity contribution >= 4 is 5.91 Å². The summed E-state index contributed by atoms with van der Waals surface area (Å²) < 4.78 is 41.1. The van der Waals surface area contributed by atoms with Crippen LogP contribution in [-0.4, -0.2) is 23.9 Å². The molecule has 1 aromatic carbocycles. The summed E-state index contributed by atoms with van der Waals surface area (Å²) in [5.41, 5.74) is 2.73. The number of hydrogen-bond donors (Lipinski definition) is 1. The summed E-state index contributed by atoms with van der Waals surface area (Å²) in [6, 6.07) is 4.43. The van der Waals surface area contributed by atoms with Crippen LogP contribution in [0.15, 0.2) is 53.4 Å². The Hall–Kier alpha value is -2.50. The molecule has 0 saturated carbocycles. The zero-order chi connectivity index (χ0) is 22.4. The summed E-state index contributed by atoms with van der Waals surface area (Å²) in [6.07, 6.45) is 2.43. The molecule has 1 N–H and O–H groups in total. The highest BCUT2D eigenvalue weighted by Crippen LogP contribution is 2.44. The number of allylic oxidation sites excluding steroid dienone is 3. The van der Waals surface area contributed by atoms with Crippen LogP contribution in [-0.2, 0) is 16.4 Å². The number of nitrogens with one attached hydrogen (secondary N) is 1. The van der Waals surface area contributed by atoms with Gasteiger partial charge in [-0.25, -0.2) is 0 Å². The first-order chi connectivity index (χ1) is 14.6. The minimum Gasteiger partial charge on any atom is -0.358 e. The Labute approximate surface area is 181 Å². The number of halogens is 3. The van der Waals surface area contributed by atoms with E-state index in [9.17, 15) is 18.0 Å². The van der Waals surface area contributed by atoms with Crippen LogP contribution < -0.4 is 5.32 Å². The van der Waals surface area contributed by atoms with Gasteiger partial charge in [-0.2, -0.15) is 13.2 Å². The van der Waals surface area contributed by atoms with Crippen molar-refractivity contribution in [3.05, 3.63) is 70.1 Å². The van der Waals surface area contributed by atoms with E-state index in [1.165, 1.54) is 12.1 Å². The van der Waals surface area contributed by atoms with E-state index in [0.717, 1.165) is 42.4 Å². The molecule has 0 aromatic heterocycles. The number of benzene rings is 1.